The molecular formula is C23H17ClN2O2S. The molecule has 1 fully saturated rings. The van der Waals surface area contributed by atoms with Crippen LogP contribution in [0.15, 0.2) is 88.8 Å². The summed E-state index contributed by atoms with van der Waals surface area (Å²) in [7, 11) is 0. The molecule has 0 saturated carbocycles. The number of halogens is 1. The Hall–Kier alpha value is -3.02. The van der Waals surface area contributed by atoms with Crippen molar-refractivity contribution in [3.63, 3.8) is 0 Å². The summed E-state index contributed by atoms with van der Waals surface area (Å²) in [6, 6.07) is 24.8. The average Bonchev–Trinajstić information content (AvgIpc) is 3.08. The molecule has 4 rings (SSSR count). The molecule has 1 saturated heterocycles. The van der Waals surface area contributed by atoms with E-state index in [4.69, 9.17) is 16.3 Å². The van der Waals surface area contributed by atoms with Gasteiger partial charge in [0.05, 0.1) is 10.6 Å². The highest BCUT2D eigenvalue weighted by atomic mass is 35.5. The van der Waals surface area contributed by atoms with Gasteiger partial charge in [0, 0.05) is 5.02 Å². The third-order valence-corrected chi connectivity index (χ3v) is 5.27. The van der Waals surface area contributed by atoms with Crippen LogP contribution in [0.1, 0.15) is 11.1 Å². The largest absolute Gasteiger partial charge is 0.489 e. The monoisotopic (exact) mass is 420 g/mol. The van der Waals surface area contributed by atoms with Crippen LogP contribution in [-0.2, 0) is 11.4 Å². The van der Waals surface area contributed by atoms with Gasteiger partial charge in [0.1, 0.15) is 12.4 Å². The molecule has 1 amide bonds. The van der Waals surface area contributed by atoms with Crippen LogP contribution in [0, 0.1) is 0 Å². The minimum Gasteiger partial charge on any atom is -0.489 e. The third-order valence-electron chi connectivity index (χ3n) is 4.11. The lowest BCUT2D eigenvalue weighted by Crippen LogP contribution is -2.19. The number of carbonyl (C=O) groups is 1. The molecule has 0 bridgehead atoms. The predicted molar refractivity (Wildman–Crippen MR) is 119 cm³/mol. The minimum absolute atomic E-state index is 0.168. The van der Waals surface area contributed by atoms with E-state index in [2.05, 4.69) is 10.3 Å². The van der Waals surface area contributed by atoms with Crippen LogP contribution in [0.5, 0.6) is 5.75 Å². The maximum Gasteiger partial charge on any atom is 0.264 e. The fraction of sp³-hybridized carbons (Fsp3) is 0.0435. The lowest BCUT2D eigenvalue weighted by atomic mass is 10.2. The molecule has 3 aromatic carbocycles. The van der Waals surface area contributed by atoms with Gasteiger partial charge < -0.3 is 10.1 Å². The van der Waals surface area contributed by atoms with E-state index in [0.29, 0.717) is 21.7 Å². The van der Waals surface area contributed by atoms with Crippen molar-refractivity contribution in [1.82, 2.24) is 5.32 Å². The van der Waals surface area contributed by atoms with E-state index in [1.54, 1.807) is 24.3 Å². The zero-order valence-corrected chi connectivity index (χ0v) is 16.9. The lowest BCUT2D eigenvalue weighted by Gasteiger charge is -2.07. The zero-order valence-electron chi connectivity index (χ0n) is 15.3. The Balaban J connectivity index is 1.46. The van der Waals surface area contributed by atoms with E-state index >= 15 is 0 Å². The summed E-state index contributed by atoms with van der Waals surface area (Å²) in [5.74, 6) is 0.583. The molecule has 1 heterocycles. The fourth-order valence-electron chi connectivity index (χ4n) is 2.70. The Morgan fingerprint density at radius 1 is 1.00 bits per heavy atom. The second-order valence-electron chi connectivity index (χ2n) is 6.30. The van der Waals surface area contributed by atoms with E-state index in [0.717, 1.165) is 22.6 Å². The zero-order chi connectivity index (χ0) is 20.1. The standard InChI is InChI=1S/C23H17ClN2O2S/c24-18-9-11-19(12-10-18)25-23-26-22(27)21(29-23)14-17-7-4-8-20(13-17)28-15-16-5-2-1-3-6-16/h1-14H,15H2,(H,25,26,27)/b21-14-. The maximum atomic E-state index is 12.3. The Morgan fingerprint density at radius 3 is 2.59 bits per heavy atom. The molecule has 4 nitrogen and oxygen atoms in total. The number of aliphatic imine (C=N–C) groups is 1. The third kappa shape index (κ3) is 5.28. The van der Waals surface area contributed by atoms with Gasteiger partial charge in [-0.15, -0.1) is 0 Å². The molecule has 0 atom stereocenters. The fourth-order valence-corrected chi connectivity index (χ4v) is 3.67. The number of carbonyl (C=O) groups excluding carboxylic acids is 1. The topological polar surface area (TPSA) is 50.7 Å². The number of amides is 1. The van der Waals surface area contributed by atoms with Crippen molar-refractivity contribution in [3.05, 3.63) is 99.9 Å². The minimum atomic E-state index is -0.168. The first-order valence-electron chi connectivity index (χ1n) is 8.98. The van der Waals surface area contributed by atoms with Crippen LogP contribution in [0.2, 0.25) is 5.02 Å². The van der Waals surface area contributed by atoms with Gasteiger partial charge in [-0.25, -0.2) is 4.99 Å². The van der Waals surface area contributed by atoms with E-state index in [1.807, 2.05) is 60.7 Å². The molecule has 6 heteroatoms. The first-order valence-corrected chi connectivity index (χ1v) is 10.2. The Bertz CT molecular complexity index is 1080. The Morgan fingerprint density at radius 2 is 1.79 bits per heavy atom. The Labute approximate surface area is 178 Å². The van der Waals surface area contributed by atoms with Crippen molar-refractivity contribution in [2.45, 2.75) is 6.61 Å². The summed E-state index contributed by atoms with van der Waals surface area (Å²) >= 11 is 7.20. The van der Waals surface area contributed by atoms with Crippen LogP contribution >= 0.6 is 23.4 Å². The van der Waals surface area contributed by atoms with Crippen molar-refractivity contribution >= 4 is 46.2 Å². The van der Waals surface area contributed by atoms with Gasteiger partial charge in [-0.2, -0.15) is 0 Å². The van der Waals surface area contributed by atoms with E-state index < -0.39 is 0 Å². The number of hydrogen-bond acceptors (Lipinski definition) is 4. The molecule has 1 aliphatic rings. The van der Waals surface area contributed by atoms with Gasteiger partial charge in [0.2, 0.25) is 0 Å². The first-order chi connectivity index (χ1) is 14.2. The normalized spacial score (nSPS) is 16.2. The number of amidine groups is 1. The number of ether oxygens (including phenoxy) is 1. The molecular weight excluding hydrogens is 404 g/mol. The SMILES string of the molecule is O=C1NC(=Nc2ccc(Cl)cc2)S/C1=C\c1cccc(OCc2ccccc2)c1. The van der Waals surface area contributed by atoms with Gasteiger partial charge in [-0.05, 0) is 65.4 Å². The maximum absolute atomic E-state index is 12.3. The van der Waals surface area contributed by atoms with E-state index in [9.17, 15) is 4.79 Å². The first kappa shape index (κ1) is 19.3. The van der Waals surface area contributed by atoms with Crippen LogP contribution in [0.4, 0.5) is 5.69 Å². The van der Waals surface area contributed by atoms with Gasteiger partial charge >= 0.3 is 0 Å². The molecule has 1 aliphatic heterocycles. The van der Waals surface area contributed by atoms with Crippen LogP contribution in [0.25, 0.3) is 6.08 Å². The summed E-state index contributed by atoms with van der Waals surface area (Å²) in [6.45, 7) is 0.494. The van der Waals surface area contributed by atoms with Crippen LogP contribution < -0.4 is 10.1 Å². The quantitative estimate of drug-likeness (QED) is 0.530. The van der Waals surface area contributed by atoms with Crippen molar-refractivity contribution < 1.29 is 9.53 Å². The average molecular weight is 421 g/mol. The summed E-state index contributed by atoms with van der Waals surface area (Å²) in [6.07, 6.45) is 1.83. The summed E-state index contributed by atoms with van der Waals surface area (Å²) in [4.78, 5) is 17.3. The molecule has 0 spiro atoms. The van der Waals surface area contributed by atoms with E-state index in [1.165, 1.54) is 11.8 Å². The van der Waals surface area contributed by atoms with E-state index in [-0.39, 0.29) is 5.91 Å². The lowest BCUT2D eigenvalue weighted by molar-refractivity contribution is -0.115. The molecule has 3 aromatic rings. The number of rotatable bonds is 5. The Kier molecular flexibility index (Phi) is 5.98. The van der Waals surface area contributed by atoms with Gasteiger partial charge in [0.25, 0.3) is 5.91 Å². The molecule has 1 N–H and O–H groups in total. The second kappa shape index (κ2) is 8.99. The number of thioether (sulfide) groups is 1. The molecule has 0 aliphatic carbocycles. The molecule has 144 valence electrons. The van der Waals surface area contributed by atoms with Crippen molar-refractivity contribution in [3.8, 4) is 5.75 Å². The van der Waals surface area contributed by atoms with Crippen molar-refractivity contribution in [2.24, 2.45) is 4.99 Å². The summed E-state index contributed by atoms with van der Waals surface area (Å²) < 4.78 is 5.86. The van der Waals surface area contributed by atoms with Crippen LogP contribution in [0.3, 0.4) is 0 Å². The smallest absolute Gasteiger partial charge is 0.264 e. The van der Waals surface area contributed by atoms with Crippen LogP contribution in [-0.4, -0.2) is 11.1 Å². The number of benzene rings is 3. The molecule has 29 heavy (non-hydrogen) atoms. The number of nitrogens with one attached hydrogen (secondary N) is 1. The second-order valence-corrected chi connectivity index (χ2v) is 7.77. The van der Waals surface area contributed by atoms with Crippen molar-refractivity contribution in [1.29, 1.82) is 0 Å². The van der Waals surface area contributed by atoms with Gasteiger partial charge in [0.15, 0.2) is 5.17 Å². The summed E-state index contributed by atoms with van der Waals surface area (Å²) in [5, 5.41) is 3.98. The summed E-state index contributed by atoms with van der Waals surface area (Å²) in [5.41, 5.74) is 2.72. The highest BCUT2D eigenvalue weighted by Crippen LogP contribution is 2.29. The number of hydrogen-bond donors (Lipinski definition) is 1. The number of nitrogens with zero attached hydrogens (tertiary/aromatic N) is 1. The highest BCUT2D eigenvalue weighted by molar-refractivity contribution is 8.18. The molecule has 0 unspecified atom stereocenters. The molecule has 0 radical (unpaired) electrons. The molecule has 0 aromatic heterocycles. The predicted octanol–water partition coefficient (Wildman–Crippen LogP) is 5.81. The highest BCUT2D eigenvalue weighted by Gasteiger charge is 2.23. The van der Waals surface area contributed by atoms with Gasteiger partial charge in [-0.1, -0.05) is 54.1 Å². The van der Waals surface area contributed by atoms with Crippen molar-refractivity contribution in [2.75, 3.05) is 0 Å². The van der Waals surface area contributed by atoms with Gasteiger partial charge in [-0.3, -0.25) is 4.79 Å².